The van der Waals surface area contributed by atoms with Gasteiger partial charge in [-0.15, -0.1) is 0 Å². The van der Waals surface area contributed by atoms with Gasteiger partial charge in [0.2, 0.25) is 12.7 Å². The van der Waals surface area contributed by atoms with E-state index in [1.807, 2.05) is 25.1 Å². The Morgan fingerprint density at radius 2 is 1.84 bits per heavy atom. The van der Waals surface area contributed by atoms with E-state index >= 15 is 0 Å². The minimum atomic E-state index is -0.477. The summed E-state index contributed by atoms with van der Waals surface area (Å²) in [5.41, 5.74) is 7.42. The molecule has 130 valence electrons. The predicted molar refractivity (Wildman–Crippen MR) is 91.3 cm³/mol. The summed E-state index contributed by atoms with van der Waals surface area (Å²) in [6.07, 6.45) is 0. The summed E-state index contributed by atoms with van der Waals surface area (Å²) in [4.78, 5) is 23.1. The van der Waals surface area contributed by atoms with E-state index in [1.54, 1.807) is 24.3 Å². The molecule has 1 atom stereocenters. The highest BCUT2D eigenvalue weighted by Crippen LogP contribution is 2.34. The van der Waals surface area contributed by atoms with Crippen molar-refractivity contribution in [2.45, 2.75) is 19.5 Å². The number of benzene rings is 2. The van der Waals surface area contributed by atoms with Crippen LogP contribution in [0.3, 0.4) is 0 Å². The molecule has 2 aromatic rings. The fourth-order valence-corrected chi connectivity index (χ4v) is 2.48. The Bertz CT molecular complexity index is 789. The third-order valence-electron chi connectivity index (χ3n) is 3.94. The quantitative estimate of drug-likeness (QED) is 0.774. The molecule has 0 saturated heterocycles. The minimum absolute atomic E-state index is 0.188. The third-order valence-corrected chi connectivity index (χ3v) is 3.94. The van der Waals surface area contributed by atoms with Gasteiger partial charge in [-0.05, 0) is 42.3 Å². The number of rotatable bonds is 5. The van der Waals surface area contributed by atoms with Crippen LogP contribution in [0.4, 0.5) is 4.79 Å². The smallest absolute Gasteiger partial charge is 0.315 e. The highest BCUT2D eigenvalue weighted by molar-refractivity contribution is 5.92. The van der Waals surface area contributed by atoms with Gasteiger partial charge in [-0.2, -0.15) is 0 Å². The van der Waals surface area contributed by atoms with Crippen molar-refractivity contribution in [3.63, 3.8) is 0 Å². The molecule has 7 nitrogen and oxygen atoms in total. The van der Waals surface area contributed by atoms with Gasteiger partial charge in [0, 0.05) is 12.1 Å². The first-order chi connectivity index (χ1) is 12.0. The lowest BCUT2D eigenvalue weighted by Crippen LogP contribution is -2.36. The first kappa shape index (κ1) is 16.6. The molecule has 4 N–H and O–H groups in total. The second kappa shape index (κ2) is 7.12. The Kier molecular flexibility index (Phi) is 4.74. The normalized spacial score (nSPS) is 13.2. The number of carbonyl (C=O) groups excluding carboxylic acids is 2. The van der Waals surface area contributed by atoms with Gasteiger partial charge in [0.15, 0.2) is 11.5 Å². The zero-order chi connectivity index (χ0) is 17.8. The monoisotopic (exact) mass is 341 g/mol. The molecule has 3 amide bonds. The molecule has 1 unspecified atom stereocenters. The van der Waals surface area contributed by atoms with E-state index in [1.165, 1.54) is 0 Å². The average molecular weight is 341 g/mol. The van der Waals surface area contributed by atoms with E-state index < -0.39 is 5.91 Å². The molecule has 1 aliphatic heterocycles. The highest BCUT2D eigenvalue weighted by Gasteiger charge is 2.16. The molecule has 3 rings (SSSR count). The molecule has 1 heterocycles. The lowest BCUT2D eigenvalue weighted by molar-refractivity contribution is 0.1000. The molecule has 0 fully saturated rings. The fraction of sp³-hybridized carbons (Fsp3) is 0.222. The first-order valence-corrected chi connectivity index (χ1v) is 7.85. The number of nitrogens with two attached hydrogens (primary N) is 1. The predicted octanol–water partition coefficient (Wildman–Crippen LogP) is 2.07. The fourth-order valence-electron chi connectivity index (χ4n) is 2.48. The van der Waals surface area contributed by atoms with E-state index in [0.29, 0.717) is 23.6 Å². The Hall–Kier alpha value is -3.22. The van der Waals surface area contributed by atoms with E-state index in [-0.39, 0.29) is 18.9 Å². The zero-order valence-corrected chi connectivity index (χ0v) is 13.7. The Morgan fingerprint density at radius 3 is 2.56 bits per heavy atom. The topological polar surface area (TPSA) is 103 Å². The van der Waals surface area contributed by atoms with Gasteiger partial charge < -0.3 is 25.8 Å². The zero-order valence-electron chi connectivity index (χ0n) is 13.7. The Labute approximate surface area is 145 Å². The summed E-state index contributed by atoms with van der Waals surface area (Å²) in [5, 5.41) is 5.65. The van der Waals surface area contributed by atoms with E-state index in [2.05, 4.69) is 10.6 Å². The Balaban J connectivity index is 1.52. The van der Waals surface area contributed by atoms with Crippen molar-refractivity contribution < 1.29 is 19.1 Å². The summed E-state index contributed by atoms with van der Waals surface area (Å²) in [7, 11) is 0. The van der Waals surface area contributed by atoms with Crippen molar-refractivity contribution in [2.75, 3.05) is 6.79 Å². The van der Waals surface area contributed by atoms with Gasteiger partial charge in [0.25, 0.3) is 0 Å². The largest absolute Gasteiger partial charge is 0.454 e. The molecule has 0 bridgehead atoms. The van der Waals surface area contributed by atoms with Crippen molar-refractivity contribution in [1.82, 2.24) is 10.6 Å². The van der Waals surface area contributed by atoms with Crippen molar-refractivity contribution in [3.8, 4) is 11.5 Å². The molecule has 1 aliphatic rings. The van der Waals surface area contributed by atoms with Crippen LogP contribution in [-0.4, -0.2) is 18.7 Å². The number of nitrogens with one attached hydrogen (secondary N) is 2. The highest BCUT2D eigenvalue weighted by atomic mass is 16.7. The molecule has 0 spiro atoms. The van der Waals surface area contributed by atoms with Gasteiger partial charge in [0.05, 0.1) is 6.04 Å². The lowest BCUT2D eigenvalue weighted by atomic mass is 10.1. The number of primary amides is 1. The summed E-state index contributed by atoms with van der Waals surface area (Å²) < 4.78 is 10.6. The molecular formula is C18H19N3O4. The maximum atomic E-state index is 12.1. The summed E-state index contributed by atoms with van der Waals surface area (Å²) in [6, 6.07) is 11.9. The van der Waals surface area contributed by atoms with Crippen LogP contribution in [0.1, 0.15) is 34.5 Å². The number of urea groups is 1. The van der Waals surface area contributed by atoms with Crippen LogP contribution < -0.4 is 25.8 Å². The van der Waals surface area contributed by atoms with Gasteiger partial charge in [0.1, 0.15) is 0 Å². The van der Waals surface area contributed by atoms with Crippen LogP contribution in [0.2, 0.25) is 0 Å². The SMILES string of the molecule is CC(NC(=O)NCc1ccc(C(N)=O)cc1)c1ccc2c(c1)OCO2. The summed E-state index contributed by atoms with van der Waals surface area (Å²) >= 11 is 0. The van der Waals surface area contributed by atoms with Crippen LogP contribution in [0.25, 0.3) is 0 Å². The maximum absolute atomic E-state index is 12.1. The molecule has 0 saturated carbocycles. The average Bonchev–Trinajstić information content (AvgIpc) is 3.08. The van der Waals surface area contributed by atoms with E-state index in [4.69, 9.17) is 15.2 Å². The first-order valence-electron chi connectivity index (χ1n) is 7.85. The molecular weight excluding hydrogens is 322 g/mol. The number of ether oxygens (including phenoxy) is 2. The number of hydrogen-bond donors (Lipinski definition) is 3. The minimum Gasteiger partial charge on any atom is -0.454 e. The van der Waals surface area contributed by atoms with Crippen LogP contribution in [0, 0.1) is 0 Å². The number of hydrogen-bond acceptors (Lipinski definition) is 4. The standard InChI is InChI=1S/C18H19N3O4/c1-11(14-6-7-15-16(8-14)25-10-24-15)21-18(23)20-9-12-2-4-13(5-3-12)17(19)22/h2-8,11H,9-10H2,1H3,(H2,19,22)(H2,20,21,23). The van der Waals surface area contributed by atoms with Crippen LogP contribution >= 0.6 is 0 Å². The third kappa shape index (κ3) is 4.00. The van der Waals surface area contributed by atoms with E-state index in [0.717, 1.165) is 11.1 Å². The summed E-state index contributed by atoms with van der Waals surface area (Å²) in [6.45, 7) is 2.45. The second-order valence-electron chi connectivity index (χ2n) is 5.72. The van der Waals surface area contributed by atoms with Gasteiger partial charge >= 0.3 is 6.03 Å². The second-order valence-corrected chi connectivity index (χ2v) is 5.72. The van der Waals surface area contributed by atoms with E-state index in [9.17, 15) is 9.59 Å². The molecule has 0 radical (unpaired) electrons. The van der Waals surface area contributed by atoms with Crippen molar-refractivity contribution >= 4 is 11.9 Å². The van der Waals surface area contributed by atoms with Crippen molar-refractivity contribution in [3.05, 3.63) is 59.2 Å². The van der Waals surface area contributed by atoms with Crippen LogP contribution in [0.5, 0.6) is 11.5 Å². The van der Waals surface area contributed by atoms with Gasteiger partial charge in [-0.25, -0.2) is 4.79 Å². The van der Waals surface area contributed by atoms with Gasteiger partial charge in [-0.1, -0.05) is 18.2 Å². The maximum Gasteiger partial charge on any atom is 0.315 e. The van der Waals surface area contributed by atoms with Crippen LogP contribution in [0.15, 0.2) is 42.5 Å². The lowest BCUT2D eigenvalue weighted by Gasteiger charge is -2.15. The van der Waals surface area contributed by atoms with Gasteiger partial charge in [-0.3, -0.25) is 4.79 Å². The number of carbonyl (C=O) groups is 2. The number of fused-ring (bicyclic) bond motifs is 1. The molecule has 0 aromatic heterocycles. The molecule has 0 aliphatic carbocycles. The Morgan fingerprint density at radius 1 is 1.12 bits per heavy atom. The molecule has 7 heteroatoms. The molecule has 25 heavy (non-hydrogen) atoms. The van der Waals surface area contributed by atoms with Crippen LogP contribution in [-0.2, 0) is 6.54 Å². The summed E-state index contributed by atoms with van der Waals surface area (Å²) in [5.74, 6) is 0.913. The van der Waals surface area contributed by atoms with Crippen molar-refractivity contribution in [1.29, 1.82) is 0 Å². The number of amides is 3. The van der Waals surface area contributed by atoms with Crippen molar-refractivity contribution in [2.24, 2.45) is 5.73 Å². The molecule has 2 aromatic carbocycles.